The molecule has 0 aliphatic carbocycles. The second kappa shape index (κ2) is 6.61. The number of aliphatic hydroxyl groups is 1. The fraction of sp³-hybridized carbons (Fsp3) is 0.429. The zero-order valence-corrected chi connectivity index (χ0v) is 12.0. The van der Waals surface area contributed by atoms with Crippen molar-refractivity contribution in [3.05, 3.63) is 23.4 Å². The number of carbonyl (C=O) groups is 3. The Kier molecular flexibility index (Phi) is 4.80. The quantitative estimate of drug-likeness (QED) is 0.398. The summed E-state index contributed by atoms with van der Waals surface area (Å²) in [5.74, 6) is -3.52. The fourth-order valence-electron chi connectivity index (χ4n) is 2.59. The number of nitrogens with zero attached hydrogens (tertiary/aromatic N) is 1. The van der Waals surface area contributed by atoms with Crippen LogP contribution in [0.15, 0.2) is 23.4 Å². The number of hydrogen-bond donors (Lipinski definition) is 5. The molecular formula is C14H17N2O7+. The predicted octanol–water partition coefficient (Wildman–Crippen LogP) is -1.37. The van der Waals surface area contributed by atoms with E-state index in [1.807, 2.05) is 0 Å². The van der Waals surface area contributed by atoms with E-state index in [-0.39, 0.29) is 25.1 Å². The minimum Gasteiger partial charge on any atom is -0.480 e. The third kappa shape index (κ3) is 3.95. The average molecular weight is 325 g/mol. The number of carboxylic acids is 3. The molecule has 2 rings (SSSR count). The Balaban J connectivity index is 2.27. The molecule has 5 N–H and O–H groups in total. The van der Waals surface area contributed by atoms with Gasteiger partial charge in [-0.25, -0.2) is 19.0 Å². The minimum atomic E-state index is -1.28. The molecule has 9 heteroatoms. The number of aliphatic carboxylic acids is 3. The van der Waals surface area contributed by atoms with Crippen LogP contribution < -0.4 is 5.32 Å². The summed E-state index contributed by atoms with van der Waals surface area (Å²) in [5, 5.41) is 39.1. The van der Waals surface area contributed by atoms with Crippen LogP contribution in [0.25, 0.3) is 0 Å². The van der Waals surface area contributed by atoms with Crippen molar-refractivity contribution in [2.75, 3.05) is 6.54 Å². The molecule has 0 aromatic heterocycles. The first-order valence-corrected chi connectivity index (χ1v) is 6.93. The first kappa shape index (κ1) is 16.7. The van der Waals surface area contributed by atoms with Crippen LogP contribution in [0.4, 0.5) is 0 Å². The molecule has 2 aliphatic heterocycles. The van der Waals surface area contributed by atoms with Crippen molar-refractivity contribution in [2.24, 2.45) is 0 Å². The standard InChI is InChI=1S/C14H16N2O7/c17-8-5-11(14(22)23)16(6-8)2-1-7-3-9(12(18)19)15-10(4-7)13(20)21/h1-3,8,10-11,17H,4-6H2,(H3,18,19,20,21,22,23)/p+1. The van der Waals surface area contributed by atoms with Gasteiger partial charge in [-0.05, 0) is 11.6 Å². The first-order chi connectivity index (χ1) is 10.8. The van der Waals surface area contributed by atoms with Crippen LogP contribution in [-0.4, -0.2) is 73.9 Å². The fourth-order valence-corrected chi connectivity index (χ4v) is 2.59. The molecule has 9 nitrogen and oxygen atoms in total. The van der Waals surface area contributed by atoms with Gasteiger partial charge in [0, 0.05) is 12.5 Å². The molecule has 0 aromatic carbocycles. The van der Waals surface area contributed by atoms with Crippen molar-refractivity contribution in [3.63, 3.8) is 0 Å². The minimum absolute atomic E-state index is 0.0662. The molecule has 0 radical (unpaired) electrons. The van der Waals surface area contributed by atoms with E-state index in [4.69, 9.17) is 15.3 Å². The molecule has 124 valence electrons. The van der Waals surface area contributed by atoms with Crippen molar-refractivity contribution < 1.29 is 39.4 Å². The Bertz CT molecular complexity index is 635. The first-order valence-electron chi connectivity index (χ1n) is 6.93. The van der Waals surface area contributed by atoms with Crippen LogP contribution in [0, 0.1) is 0 Å². The van der Waals surface area contributed by atoms with E-state index < -0.39 is 36.1 Å². The molecule has 3 unspecified atom stereocenters. The van der Waals surface area contributed by atoms with Crippen molar-refractivity contribution >= 4 is 24.1 Å². The van der Waals surface area contributed by atoms with E-state index in [0.29, 0.717) is 5.57 Å². The normalized spacial score (nSPS) is 30.8. The summed E-state index contributed by atoms with van der Waals surface area (Å²) in [4.78, 5) is 33.2. The Hall–Kier alpha value is -2.68. The zero-order valence-electron chi connectivity index (χ0n) is 12.0. The van der Waals surface area contributed by atoms with Crippen molar-refractivity contribution in [2.45, 2.75) is 31.0 Å². The van der Waals surface area contributed by atoms with Gasteiger partial charge < -0.3 is 25.7 Å². The third-order valence-electron chi connectivity index (χ3n) is 3.71. The monoisotopic (exact) mass is 325 g/mol. The Morgan fingerprint density at radius 3 is 2.48 bits per heavy atom. The molecule has 23 heavy (non-hydrogen) atoms. The summed E-state index contributed by atoms with van der Waals surface area (Å²) < 4.78 is 1.44. The summed E-state index contributed by atoms with van der Waals surface area (Å²) in [5.41, 5.74) is 0.207. The predicted molar refractivity (Wildman–Crippen MR) is 76.2 cm³/mol. The summed E-state index contributed by atoms with van der Waals surface area (Å²) in [6, 6.07) is -1.92. The lowest BCUT2D eigenvalue weighted by Crippen LogP contribution is -2.41. The maximum atomic E-state index is 11.1. The lowest BCUT2D eigenvalue weighted by atomic mass is 10.00. The van der Waals surface area contributed by atoms with Gasteiger partial charge in [-0.2, -0.15) is 0 Å². The highest BCUT2D eigenvalue weighted by atomic mass is 16.4. The van der Waals surface area contributed by atoms with Gasteiger partial charge in [0.15, 0.2) is 12.8 Å². The highest BCUT2D eigenvalue weighted by Crippen LogP contribution is 2.17. The molecule has 0 spiro atoms. The number of rotatable bonds is 4. The summed E-state index contributed by atoms with van der Waals surface area (Å²) in [6.45, 7) is 0.150. The van der Waals surface area contributed by atoms with E-state index in [1.165, 1.54) is 22.9 Å². The topological polar surface area (TPSA) is 147 Å². The number of allylic oxidation sites excluding steroid dienone is 2. The number of β-amino-alcohol motifs (C(OH)–C–C–N with tert-alkyl or cyclic N) is 1. The molecule has 1 fully saturated rings. The van der Waals surface area contributed by atoms with E-state index >= 15 is 0 Å². The molecule has 3 atom stereocenters. The van der Waals surface area contributed by atoms with Crippen molar-refractivity contribution in [3.8, 4) is 0 Å². The van der Waals surface area contributed by atoms with Gasteiger partial charge in [0.25, 0.3) is 6.04 Å². The molecule has 0 amide bonds. The Morgan fingerprint density at radius 2 is 1.91 bits per heavy atom. The van der Waals surface area contributed by atoms with Crippen LogP contribution in [-0.2, 0) is 14.4 Å². The zero-order chi connectivity index (χ0) is 17.1. The van der Waals surface area contributed by atoms with Crippen LogP contribution >= 0.6 is 0 Å². The smallest absolute Gasteiger partial charge is 0.373 e. The van der Waals surface area contributed by atoms with Gasteiger partial charge in [-0.3, -0.25) is 0 Å². The molecule has 0 aromatic rings. The van der Waals surface area contributed by atoms with Crippen LogP contribution in [0.3, 0.4) is 0 Å². The Labute approximate surface area is 130 Å². The lowest BCUT2D eigenvalue weighted by Gasteiger charge is -2.21. The van der Waals surface area contributed by atoms with Crippen molar-refractivity contribution in [1.29, 1.82) is 0 Å². The van der Waals surface area contributed by atoms with E-state index in [9.17, 15) is 19.5 Å². The number of nitrogens with one attached hydrogen (secondary N) is 1. The van der Waals surface area contributed by atoms with Gasteiger partial charge in [0.05, 0.1) is 6.42 Å². The maximum absolute atomic E-state index is 11.1. The van der Waals surface area contributed by atoms with Crippen LogP contribution in [0.1, 0.15) is 12.8 Å². The van der Waals surface area contributed by atoms with Crippen molar-refractivity contribution in [1.82, 2.24) is 5.32 Å². The molecule has 1 saturated heterocycles. The third-order valence-corrected chi connectivity index (χ3v) is 3.71. The number of hydrogen-bond acceptors (Lipinski definition) is 5. The highest BCUT2D eigenvalue weighted by molar-refractivity contribution is 5.89. The summed E-state index contributed by atoms with van der Waals surface area (Å²) >= 11 is 0. The van der Waals surface area contributed by atoms with Crippen LogP contribution in [0.2, 0.25) is 0 Å². The maximum Gasteiger partial charge on any atom is 0.373 e. The molecular weight excluding hydrogens is 308 g/mol. The largest absolute Gasteiger partial charge is 0.480 e. The van der Waals surface area contributed by atoms with Gasteiger partial charge in [-0.15, -0.1) is 0 Å². The second-order valence-electron chi connectivity index (χ2n) is 5.43. The lowest BCUT2D eigenvalue weighted by molar-refractivity contribution is -0.530. The molecule has 0 saturated carbocycles. The molecule has 2 heterocycles. The number of carboxylic acid groups (broad SMARTS) is 3. The van der Waals surface area contributed by atoms with E-state index in [2.05, 4.69) is 5.32 Å². The second-order valence-corrected chi connectivity index (χ2v) is 5.43. The SMILES string of the molecule is O=C(O)C1=CC(=CC=[N+]2CC(O)CC2C(=O)O)CC(C(=O)O)N1. The van der Waals surface area contributed by atoms with E-state index in [0.717, 1.165) is 0 Å². The Morgan fingerprint density at radius 1 is 1.22 bits per heavy atom. The molecule has 0 bridgehead atoms. The highest BCUT2D eigenvalue weighted by Gasteiger charge is 2.39. The van der Waals surface area contributed by atoms with Gasteiger partial charge in [0.2, 0.25) is 0 Å². The summed E-state index contributed by atoms with van der Waals surface area (Å²) in [7, 11) is 0. The van der Waals surface area contributed by atoms with E-state index in [1.54, 1.807) is 0 Å². The van der Waals surface area contributed by atoms with Gasteiger partial charge in [-0.1, -0.05) is 0 Å². The molecule has 2 aliphatic rings. The van der Waals surface area contributed by atoms with Crippen LogP contribution in [0.5, 0.6) is 0 Å². The van der Waals surface area contributed by atoms with Gasteiger partial charge >= 0.3 is 17.9 Å². The summed E-state index contributed by atoms with van der Waals surface area (Å²) in [6.07, 6.45) is 3.65. The van der Waals surface area contributed by atoms with Gasteiger partial charge in [0.1, 0.15) is 17.8 Å². The number of aliphatic hydroxyl groups excluding tert-OH is 1. The average Bonchev–Trinajstić information content (AvgIpc) is 2.86.